The molecule has 0 radical (unpaired) electrons. The molecule has 6 nitrogen and oxygen atoms in total. The van der Waals surface area contributed by atoms with Gasteiger partial charge in [-0.1, -0.05) is 42.5 Å². The molecule has 0 saturated carbocycles. The molecule has 1 aromatic heterocycles. The summed E-state index contributed by atoms with van der Waals surface area (Å²) in [6, 6.07) is 18.9. The molecule has 7 heteroatoms. The van der Waals surface area contributed by atoms with Crippen molar-refractivity contribution in [2.75, 3.05) is 20.6 Å². The SMILES string of the molecule is CN(C)CC[C@H](Oc1cccc2ccccc12)c1cccs1.O=C(O)C=CC(=O)O. The Morgan fingerprint density at radius 3 is 2.27 bits per heavy atom. The second kappa shape index (κ2) is 11.7. The zero-order valence-corrected chi connectivity index (χ0v) is 17.7. The van der Waals surface area contributed by atoms with Crippen molar-refractivity contribution < 1.29 is 24.5 Å². The predicted molar refractivity (Wildman–Crippen MR) is 119 cm³/mol. The molecule has 2 aromatic carbocycles. The highest BCUT2D eigenvalue weighted by atomic mass is 32.1. The van der Waals surface area contributed by atoms with E-state index in [1.807, 2.05) is 0 Å². The molecule has 3 aromatic rings. The molecule has 30 heavy (non-hydrogen) atoms. The summed E-state index contributed by atoms with van der Waals surface area (Å²) in [5.41, 5.74) is 0. The van der Waals surface area contributed by atoms with Crippen molar-refractivity contribution in [2.24, 2.45) is 0 Å². The Kier molecular flexibility index (Phi) is 9.05. The van der Waals surface area contributed by atoms with Gasteiger partial charge in [-0.25, -0.2) is 9.59 Å². The van der Waals surface area contributed by atoms with Crippen molar-refractivity contribution in [1.29, 1.82) is 0 Å². The van der Waals surface area contributed by atoms with Crippen LogP contribution in [0.5, 0.6) is 5.75 Å². The third kappa shape index (κ3) is 7.69. The number of ether oxygens (including phenoxy) is 1. The first-order valence-electron chi connectivity index (χ1n) is 9.33. The van der Waals surface area contributed by atoms with Crippen LogP contribution in [0.25, 0.3) is 10.8 Å². The molecule has 0 fully saturated rings. The van der Waals surface area contributed by atoms with Crippen molar-refractivity contribution in [1.82, 2.24) is 4.90 Å². The highest BCUT2D eigenvalue weighted by Crippen LogP contribution is 2.32. The molecule has 1 heterocycles. The molecule has 0 amide bonds. The van der Waals surface area contributed by atoms with Crippen LogP contribution in [0.3, 0.4) is 0 Å². The molecule has 158 valence electrons. The summed E-state index contributed by atoms with van der Waals surface area (Å²) in [5.74, 6) is -1.55. The molecule has 3 rings (SSSR count). The summed E-state index contributed by atoms with van der Waals surface area (Å²) in [6.07, 6.45) is 2.20. The van der Waals surface area contributed by atoms with Crippen LogP contribution in [0.4, 0.5) is 0 Å². The molecule has 0 unspecified atom stereocenters. The summed E-state index contributed by atoms with van der Waals surface area (Å²) in [4.78, 5) is 22.6. The number of hydrogen-bond donors (Lipinski definition) is 2. The van der Waals surface area contributed by atoms with Gasteiger partial charge < -0.3 is 19.8 Å². The minimum atomic E-state index is -1.26. The third-order valence-electron chi connectivity index (χ3n) is 4.09. The smallest absolute Gasteiger partial charge is 0.328 e. The molecule has 0 aliphatic rings. The van der Waals surface area contributed by atoms with Crippen molar-refractivity contribution in [2.45, 2.75) is 12.5 Å². The van der Waals surface area contributed by atoms with Crippen LogP contribution in [0, 0.1) is 0 Å². The summed E-state index contributed by atoms with van der Waals surface area (Å²) in [6.45, 7) is 1.01. The van der Waals surface area contributed by atoms with Crippen LogP contribution in [-0.4, -0.2) is 47.7 Å². The molecule has 0 aliphatic carbocycles. The summed E-state index contributed by atoms with van der Waals surface area (Å²) in [7, 11) is 4.20. The van der Waals surface area contributed by atoms with E-state index < -0.39 is 11.9 Å². The number of carbonyl (C=O) groups is 2. The van der Waals surface area contributed by atoms with E-state index in [4.69, 9.17) is 14.9 Å². The van der Waals surface area contributed by atoms with Crippen LogP contribution in [0.2, 0.25) is 0 Å². The van der Waals surface area contributed by atoms with E-state index in [0.717, 1.165) is 18.7 Å². The molecule has 1 atom stereocenters. The molecular weight excluding hydrogens is 402 g/mol. The van der Waals surface area contributed by atoms with E-state index in [1.54, 1.807) is 11.3 Å². The number of carboxylic acids is 2. The quantitative estimate of drug-likeness (QED) is 0.508. The van der Waals surface area contributed by atoms with Gasteiger partial charge in [-0.2, -0.15) is 0 Å². The second-order valence-corrected chi connectivity index (χ2v) is 7.68. The van der Waals surface area contributed by atoms with Gasteiger partial charge >= 0.3 is 11.9 Å². The highest BCUT2D eigenvalue weighted by Gasteiger charge is 2.16. The first kappa shape index (κ1) is 23.1. The molecular formula is C23H25NO5S. The number of carboxylic acid groups (broad SMARTS) is 2. The van der Waals surface area contributed by atoms with Gasteiger partial charge in [0.25, 0.3) is 0 Å². The number of thiophene rings is 1. The third-order valence-corrected chi connectivity index (χ3v) is 5.05. The largest absolute Gasteiger partial charge is 0.484 e. The molecule has 0 saturated heterocycles. The zero-order chi connectivity index (χ0) is 21.9. The minimum Gasteiger partial charge on any atom is -0.484 e. The van der Waals surface area contributed by atoms with E-state index in [-0.39, 0.29) is 6.10 Å². The lowest BCUT2D eigenvalue weighted by atomic mass is 10.1. The second-order valence-electron chi connectivity index (χ2n) is 6.70. The number of rotatable bonds is 8. The lowest BCUT2D eigenvalue weighted by molar-refractivity contribution is -0.134. The standard InChI is InChI=1S/C19H21NOS.C4H4O4/c1-20(2)13-12-18(19-11-6-14-22-19)21-17-10-5-8-15-7-3-4-9-16(15)17;5-3(6)1-2-4(7)8/h3-11,14,18H,12-13H2,1-2H3;1-2H,(H,5,6)(H,7,8)/t18-;/m0./s1. The fraction of sp³-hybridized carbons (Fsp3) is 0.217. The fourth-order valence-corrected chi connectivity index (χ4v) is 3.49. The van der Waals surface area contributed by atoms with E-state index in [9.17, 15) is 9.59 Å². The zero-order valence-electron chi connectivity index (χ0n) is 16.9. The van der Waals surface area contributed by atoms with Gasteiger partial charge in [0.15, 0.2) is 0 Å². The van der Waals surface area contributed by atoms with E-state index in [1.165, 1.54) is 15.6 Å². The van der Waals surface area contributed by atoms with Crippen molar-refractivity contribution in [3.63, 3.8) is 0 Å². The Hall–Kier alpha value is -3.16. The summed E-state index contributed by atoms with van der Waals surface area (Å²) < 4.78 is 6.41. The van der Waals surface area contributed by atoms with Crippen molar-refractivity contribution in [3.05, 3.63) is 77.0 Å². The van der Waals surface area contributed by atoms with Crippen molar-refractivity contribution >= 4 is 34.0 Å². The lowest BCUT2D eigenvalue weighted by Crippen LogP contribution is -2.18. The number of benzene rings is 2. The first-order chi connectivity index (χ1) is 14.4. The molecule has 0 bridgehead atoms. The van der Waals surface area contributed by atoms with Crippen LogP contribution in [0.15, 0.2) is 72.1 Å². The van der Waals surface area contributed by atoms with Gasteiger partial charge in [0.1, 0.15) is 11.9 Å². The number of fused-ring (bicyclic) bond motifs is 1. The average Bonchev–Trinajstić information content (AvgIpc) is 3.25. The predicted octanol–water partition coefficient (Wildman–Crippen LogP) is 4.68. The van der Waals surface area contributed by atoms with Crippen LogP contribution >= 0.6 is 11.3 Å². The topological polar surface area (TPSA) is 87.1 Å². The van der Waals surface area contributed by atoms with Gasteiger partial charge in [-0.15, -0.1) is 11.3 Å². The van der Waals surface area contributed by atoms with Crippen LogP contribution in [0.1, 0.15) is 17.4 Å². The summed E-state index contributed by atoms with van der Waals surface area (Å²) >= 11 is 1.76. The van der Waals surface area contributed by atoms with Gasteiger partial charge in [-0.3, -0.25) is 0 Å². The average molecular weight is 428 g/mol. The summed E-state index contributed by atoms with van der Waals surface area (Å²) in [5, 5.41) is 20.1. The van der Waals surface area contributed by atoms with Gasteiger partial charge in [0, 0.05) is 35.4 Å². The van der Waals surface area contributed by atoms with Gasteiger partial charge in [0.05, 0.1) is 0 Å². The lowest BCUT2D eigenvalue weighted by Gasteiger charge is -2.21. The monoisotopic (exact) mass is 427 g/mol. The maximum Gasteiger partial charge on any atom is 0.328 e. The number of aliphatic carboxylic acids is 2. The molecule has 0 spiro atoms. The highest BCUT2D eigenvalue weighted by molar-refractivity contribution is 7.10. The molecule has 2 N–H and O–H groups in total. The van der Waals surface area contributed by atoms with Crippen LogP contribution in [-0.2, 0) is 9.59 Å². The Morgan fingerprint density at radius 2 is 1.67 bits per heavy atom. The van der Waals surface area contributed by atoms with E-state index in [2.05, 4.69) is 79.0 Å². The Morgan fingerprint density at radius 1 is 1.00 bits per heavy atom. The fourth-order valence-electron chi connectivity index (χ4n) is 2.70. The number of nitrogens with zero attached hydrogens (tertiary/aromatic N) is 1. The number of hydrogen-bond acceptors (Lipinski definition) is 5. The van der Waals surface area contributed by atoms with E-state index >= 15 is 0 Å². The van der Waals surface area contributed by atoms with Crippen LogP contribution < -0.4 is 4.74 Å². The van der Waals surface area contributed by atoms with Crippen molar-refractivity contribution in [3.8, 4) is 5.75 Å². The normalized spacial score (nSPS) is 11.8. The Bertz CT molecular complexity index is 961. The maximum absolute atomic E-state index is 9.55. The van der Waals surface area contributed by atoms with Gasteiger partial charge in [0.2, 0.25) is 0 Å². The minimum absolute atomic E-state index is 0.105. The Labute approximate surface area is 179 Å². The van der Waals surface area contributed by atoms with Gasteiger partial charge in [-0.05, 0) is 37.0 Å². The maximum atomic E-state index is 9.55. The van der Waals surface area contributed by atoms with E-state index in [0.29, 0.717) is 12.2 Å². The Balaban J connectivity index is 0.000000343. The first-order valence-corrected chi connectivity index (χ1v) is 10.2. The molecule has 0 aliphatic heterocycles.